The average Bonchev–Trinajstić information content (AvgIpc) is 2.45. The molecule has 0 aliphatic heterocycles. The molecule has 1 saturated carbocycles. The lowest BCUT2D eigenvalue weighted by molar-refractivity contribution is -0.127. The van der Waals surface area contributed by atoms with Crippen molar-refractivity contribution in [2.24, 2.45) is 11.8 Å². The quantitative estimate of drug-likeness (QED) is 0.641. The Bertz CT molecular complexity index is 352. The fourth-order valence-electron chi connectivity index (χ4n) is 2.99. The molecule has 0 radical (unpaired) electrons. The zero-order valence-corrected chi connectivity index (χ0v) is 14.2. The van der Waals surface area contributed by atoms with Crippen LogP contribution in [0.15, 0.2) is 0 Å². The number of amides is 2. The Kier molecular flexibility index (Phi) is 8.46. The van der Waals surface area contributed by atoms with Gasteiger partial charge in [-0.05, 0) is 32.1 Å². The predicted molar refractivity (Wildman–Crippen MR) is 87.3 cm³/mol. The van der Waals surface area contributed by atoms with Crippen LogP contribution in [0.5, 0.6) is 0 Å². The molecule has 2 atom stereocenters. The van der Waals surface area contributed by atoms with E-state index >= 15 is 0 Å². The Labute approximate surface area is 134 Å². The summed E-state index contributed by atoms with van der Waals surface area (Å²) in [5.41, 5.74) is 0. The molecule has 0 saturated heterocycles. The molecule has 1 aliphatic rings. The predicted octanol–water partition coefficient (Wildman–Crippen LogP) is 1.98. The van der Waals surface area contributed by atoms with Gasteiger partial charge in [-0.15, -0.1) is 0 Å². The van der Waals surface area contributed by atoms with E-state index in [0.29, 0.717) is 12.3 Å². The van der Waals surface area contributed by atoms with E-state index in [2.05, 4.69) is 10.6 Å². The van der Waals surface area contributed by atoms with Gasteiger partial charge in [-0.3, -0.25) is 9.59 Å². The molecule has 5 nitrogen and oxygen atoms in total. The molecule has 0 aromatic heterocycles. The molecule has 1 fully saturated rings. The van der Waals surface area contributed by atoms with Crippen molar-refractivity contribution in [1.29, 1.82) is 0 Å². The van der Waals surface area contributed by atoms with Crippen molar-refractivity contribution in [3.8, 4) is 0 Å². The van der Waals surface area contributed by atoms with Gasteiger partial charge in [0, 0.05) is 24.9 Å². The van der Waals surface area contributed by atoms with Crippen LogP contribution in [0, 0.1) is 11.8 Å². The Morgan fingerprint density at radius 2 is 1.77 bits per heavy atom. The number of aliphatic hydroxyl groups is 1. The Hall–Kier alpha value is -1.10. The summed E-state index contributed by atoms with van der Waals surface area (Å²) in [4.78, 5) is 23.9. The maximum absolute atomic E-state index is 12.1. The normalized spacial score (nSPS) is 18.8. The summed E-state index contributed by atoms with van der Waals surface area (Å²) in [6.45, 7) is 6.20. The number of hydrogen-bond donors (Lipinski definition) is 3. The maximum atomic E-state index is 12.1. The lowest BCUT2D eigenvalue weighted by atomic mass is 9.88. The van der Waals surface area contributed by atoms with Crippen LogP contribution >= 0.6 is 0 Å². The van der Waals surface area contributed by atoms with Gasteiger partial charge >= 0.3 is 0 Å². The zero-order valence-electron chi connectivity index (χ0n) is 14.2. The third-order valence-corrected chi connectivity index (χ3v) is 4.13. The maximum Gasteiger partial charge on any atom is 0.223 e. The van der Waals surface area contributed by atoms with Gasteiger partial charge in [-0.2, -0.15) is 0 Å². The van der Waals surface area contributed by atoms with Gasteiger partial charge in [-0.25, -0.2) is 0 Å². The van der Waals surface area contributed by atoms with Crippen LogP contribution in [0.3, 0.4) is 0 Å². The Morgan fingerprint density at radius 3 is 2.36 bits per heavy atom. The van der Waals surface area contributed by atoms with Crippen LogP contribution in [0.25, 0.3) is 0 Å². The molecule has 0 spiro atoms. The number of aliphatic hydroxyl groups excluding tert-OH is 1. The van der Waals surface area contributed by atoms with Gasteiger partial charge in [-0.1, -0.05) is 33.1 Å². The summed E-state index contributed by atoms with van der Waals surface area (Å²) in [5.74, 6) is 0.479. The van der Waals surface area contributed by atoms with Crippen LogP contribution in [0.1, 0.15) is 65.7 Å². The lowest BCUT2D eigenvalue weighted by Crippen LogP contribution is -2.42. The summed E-state index contributed by atoms with van der Waals surface area (Å²) in [5, 5.41) is 15.4. The van der Waals surface area contributed by atoms with Gasteiger partial charge in [0.15, 0.2) is 0 Å². The second kappa shape index (κ2) is 9.82. The van der Waals surface area contributed by atoms with Crippen molar-refractivity contribution in [3.63, 3.8) is 0 Å². The highest BCUT2D eigenvalue weighted by Crippen LogP contribution is 2.23. The Balaban J connectivity index is 2.21. The van der Waals surface area contributed by atoms with Crippen LogP contribution < -0.4 is 10.6 Å². The standard InChI is InChI=1S/C17H32N2O3/c1-12(2)9-15(20)11-18-16(21)10-13(3)19-17(22)14-7-5-4-6-8-14/h12-15,20H,4-11H2,1-3H3,(H,18,21)(H,19,22). The fraction of sp³-hybridized carbons (Fsp3) is 0.882. The van der Waals surface area contributed by atoms with Crippen LogP contribution in [0.2, 0.25) is 0 Å². The van der Waals surface area contributed by atoms with E-state index in [1.54, 1.807) is 0 Å². The Morgan fingerprint density at radius 1 is 1.14 bits per heavy atom. The molecule has 22 heavy (non-hydrogen) atoms. The number of rotatable bonds is 8. The summed E-state index contributed by atoms with van der Waals surface area (Å²) < 4.78 is 0. The first kappa shape index (κ1) is 18.9. The molecule has 0 bridgehead atoms. The lowest BCUT2D eigenvalue weighted by Gasteiger charge is -2.23. The van der Waals surface area contributed by atoms with Crippen molar-refractivity contribution in [2.75, 3.05) is 6.54 Å². The van der Waals surface area contributed by atoms with E-state index in [9.17, 15) is 14.7 Å². The topological polar surface area (TPSA) is 78.4 Å². The summed E-state index contributed by atoms with van der Waals surface area (Å²) in [7, 11) is 0. The first-order valence-corrected chi connectivity index (χ1v) is 8.63. The van der Waals surface area contributed by atoms with Crippen molar-refractivity contribution >= 4 is 11.8 Å². The SMILES string of the molecule is CC(C)CC(O)CNC(=O)CC(C)NC(=O)C1CCCCC1. The van der Waals surface area contributed by atoms with Crippen molar-refractivity contribution in [1.82, 2.24) is 10.6 Å². The number of carbonyl (C=O) groups excluding carboxylic acids is 2. The van der Waals surface area contributed by atoms with Crippen LogP contribution in [-0.4, -0.2) is 35.6 Å². The highest BCUT2D eigenvalue weighted by molar-refractivity contribution is 5.81. The van der Waals surface area contributed by atoms with Crippen LogP contribution in [-0.2, 0) is 9.59 Å². The average molecular weight is 312 g/mol. The largest absolute Gasteiger partial charge is 0.391 e. The smallest absolute Gasteiger partial charge is 0.223 e. The molecule has 2 unspecified atom stereocenters. The van der Waals surface area contributed by atoms with Gasteiger partial charge in [0.25, 0.3) is 0 Å². The number of carbonyl (C=O) groups is 2. The third-order valence-electron chi connectivity index (χ3n) is 4.13. The first-order valence-electron chi connectivity index (χ1n) is 8.63. The van der Waals surface area contributed by atoms with E-state index in [0.717, 1.165) is 25.7 Å². The minimum absolute atomic E-state index is 0.0832. The summed E-state index contributed by atoms with van der Waals surface area (Å²) in [6.07, 6.45) is 5.83. The number of hydrogen-bond acceptors (Lipinski definition) is 3. The summed E-state index contributed by atoms with van der Waals surface area (Å²) >= 11 is 0. The van der Waals surface area contributed by atoms with Gasteiger partial charge in [0.2, 0.25) is 11.8 Å². The van der Waals surface area contributed by atoms with Gasteiger partial charge < -0.3 is 15.7 Å². The molecule has 5 heteroatoms. The minimum Gasteiger partial charge on any atom is -0.391 e. The molecule has 0 aromatic rings. The van der Waals surface area contributed by atoms with E-state index in [1.165, 1.54) is 6.42 Å². The molecule has 1 rings (SSSR count). The van der Waals surface area contributed by atoms with Crippen molar-refractivity contribution < 1.29 is 14.7 Å². The molecule has 0 aromatic carbocycles. The number of nitrogens with one attached hydrogen (secondary N) is 2. The molecule has 2 amide bonds. The van der Waals surface area contributed by atoms with E-state index in [-0.39, 0.29) is 36.7 Å². The third kappa shape index (κ3) is 7.78. The molecule has 128 valence electrons. The fourth-order valence-corrected chi connectivity index (χ4v) is 2.99. The molecule has 1 aliphatic carbocycles. The van der Waals surface area contributed by atoms with Gasteiger partial charge in [0.1, 0.15) is 0 Å². The monoisotopic (exact) mass is 312 g/mol. The molecular formula is C17H32N2O3. The van der Waals surface area contributed by atoms with Crippen LogP contribution in [0.4, 0.5) is 0 Å². The first-order chi connectivity index (χ1) is 10.4. The second-order valence-corrected chi connectivity index (χ2v) is 7.04. The molecule has 0 heterocycles. The van der Waals surface area contributed by atoms with E-state index < -0.39 is 6.10 Å². The minimum atomic E-state index is -0.504. The molecular weight excluding hydrogens is 280 g/mol. The van der Waals surface area contributed by atoms with E-state index in [1.807, 2.05) is 20.8 Å². The highest BCUT2D eigenvalue weighted by atomic mass is 16.3. The summed E-state index contributed by atoms with van der Waals surface area (Å²) in [6, 6.07) is -0.170. The molecule has 3 N–H and O–H groups in total. The van der Waals surface area contributed by atoms with Gasteiger partial charge in [0.05, 0.1) is 6.10 Å². The highest BCUT2D eigenvalue weighted by Gasteiger charge is 2.22. The zero-order chi connectivity index (χ0) is 16.5. The van der Waals surface area contributed by atoms with Crippen molar-refractivity contribution in [2.45, 2.75) is 77.9 Å². The van der Waals surface area contributed by atoms with Crippen molar-refractivity contribution in [3.05, 3.63) is 0 Å². The van der Waals surface area contributed by atoms with E-state index in [4.69, 9.17) is 0 Å². The second-order valence-electron chi connectivity index (χ2n) is 7.04.